The molecule has 1 N–H and O–H groups in total. The SMILES string of the molecule is COc1cc(OC)cc([C@@H]2CC(c3ccc(OC)c(O)c3)=NN2C(C)=O)c1. The van der Waals surface area contributed by atoms with Crippen LogP contribution in [0.15, 0.2) is 41.5 Å². The van der Waals surface area contributed by atoms with E-state index in [0.717, 1.165) is 11.1 Å². The lowest BCUT2D eigenvalue weighted by Crippen LogP contribution is -2.24. The fourth-order valence-electron chi connectivity index (χ4n) is 3.13. The molecule has 0 bridgehead atoms. The Morgan fingerprint density at radius 2 is 1.74 bits per heavy atom. The Morgan fingerprint density at radius 1 is 1.07 bits per heavy atom. The summed E-state index contributed by atoms with van der Waals surface area (Å²) in [6.45, 7) is 1.47. The van der Waals surface area contributed by atoms with Gasteiger partial charge in [-0.2, -0.15) is 5.10 Å². The van der Waals surface area contributed by atoms with Crippen LogP contribution in [0.2, 0.25) is 0 Å². The molecule has 0 fully saturated rings. The molecule has 142 valence electrons. The summed E-state index contributed by atoms with van der Waals surface area (Å²) in [5.74, 6) is 1.52. The summed E-state index contributed by atoms with van der Waals surface area (Å²) in [5.41, 5.74) is 2.30. The molecule has 0 unspecified atom stereocenters. The van der Waals surface area contributed by atoms with Gasteiger partial charge in [0.15, 0.2) is 11.5 Å². The Hall–Kier alpha value is -3.22. The summed E-state index contributed by atoms with van der Waals surface area (Å²) in [6, 6.07) is 10.3. The van der Waals surface area contributed by atoms with Crippen molar-refractivity contribution >= 4 is 11.6 Å². The van der Waals surface area contributed by atoms with Gasteiger partial charge in [0, 0.05) is 25.0 Å². The van der Waals surface area contributed by atoms with Crippen LogP contribution in [0.4, 0.5) is 0 Å². The molecule has 0 radical (unpaired) electrons. The second kappa shape index (κ2) is 7.57. The van der Waals surface area contributed by atoms with Crippen molar-refractivity contribution in [1.29, 1.82) is 0 Å². The number of rotatable bonds is 5. The zero-order chi connectivity index (χ0) is 19.6. The average molecular weight is 370 g/mol. The van der Waals surface area contributed by atoms with Crippen LogP contribution in [0.1, 0.15) is 30.5 Å². The van der Waals surface area contributed by atoms with Gasteiger partial charge in [0.25, 0.3) is 0 Å². The van der Waals surface area contributed by atoms with Crippen molar-refractivity contribution in [3.05, 3.63) is 47.5 Å². The van der Waals surface area contributed by atoms with E-state index in [4.69, 9.17) is 14.2 Å². The highest BCUT2D eigenvalue weighted by Crippen LogP contribution is 2.37. The van der Waals surface area contributed by atoms with E-state index in [1.54, 1.807) is 32.4 Å². The molecule has 1 amide bonds. The molecule has 2 aromatic rings. The van der Waals surface area contributed by atoms with Crippen molar-refractivity contribution in [2.75, 3.05) is 21.3 Å². The first kappa shape index (κ1) is 18.6. The number of hydrogen-bond acceptors (Lipinski definition) is 6. The number of benzene rings is 2. The maximum absolute atomic E-state index is 12.2. The largest absolute Gasteiger partial charge is 0.504 e. The monoisotopic (exact) mass is 370 g/mol. The smallest absolute Gasteiger partial charge is 0.240 e. The number of nitrogens with zero attached hydrogens (tertiary/aromatic N) is 2. The Balaban J connectivity index is 1.97. The standard InChI is InChI=1S/C20H22N2O5/c1-12(23)22-18(14-7-15(25-2)10-16(8-14)26-3)11-17(21-22)13-5-6-20(27-4)19(24)9-13/h5-10,18,24H,11H2,1-4H3/t18-/m0/s1. The van der Waals surface area contributed by atoms with Crippen molar-refractivity contribution < 1.29 is 24.1 Å². The van der Waals surface area contributed by atoms with E-state index in [9.17, 15) is 9.90 Å². The van der Waals surface area contributed by atoms with Gasteiger partial charge in [-0.15, -0.1) is 0 Å². The number of carbonyl (C=O) groups excluding carboxylic acids is 1. The van der Waals surface area contributed by atoms with Crippen molar-refractivity contribution in [2.45, 2.75) is 19.4 Å². The van der Waals surface area contributed by atoms with Crippen LogP contribution in [-0.4, -0.2) is 43.1 Å². The molecule has 1 aliphatic heterocycles. The Bertz CT molecular complexity index is 872. The first-order valence-corrected chi connectivity index (χ1v) is 8.44. The van der Waals surface area contributed by atoms with E-state index >= 15 is 0 Å². The van der Waals surface area contributed by atoms with Gasteiger partial charge in [0.2, 0.25) is 5.91 Å². The van der Waals surface area contributed by atoms with Gasteiger partial charge in [-0.1, -0.05) is 0 Å². The van der Waals surface area contributed by atoms with E-state index in [1.165, 1.54) is 19.0 Å². The van der Waals surface area contributed by atoms with E-state index in [2.05, 4.69) is 5.10 Å². The van der Waals surface area contributed by atoms with Crippen molar-refractivity contribution in [2.24, 2.45) is 5.10 Å². The zero-order valence-electron chi connectivity index (χ0n) is 15.7. The third-order valence-corrected chi connectivity index (χ3v) is 4.50. The molecule has 0 saturated heterocycles. The highest BCUT2D eigenvalue weighted by atomic mass is 16.5. The molecule has 0 aromatic heterocycles. The van der Waals surface area contributed by atoms with Crippen LogP contribution in [0, 0.1) is 0 Å². The minimum absolute atomic E-state index is 0.0265. The summed E-state index contributed by atoms with van der Waals surface area (Å²) < 4.78 is 15.8. The fraction of sp³-hybridized carbons (Fsp3) is 0.300. The maximum Gasteiger partial charge on any atom is 0.240 e. The predicted octanol–water partition coefficient (Wildman–Crippen LogP) is 3.12. The summed E-state index contributed by atoms with van der Waals surface area (Å²) in [5, 5.41) is 16.0. The van der Waals surface area contributed by atoms with E-state index < -0.39 is 0 Å². The van der Waals surface area contributed by atoms with Gasteiger partial charge in [0.05, 0.1) is 33.1 Å². The van der Waals surface area contributed by atoms with Crippen LogP contribution in [0.3, 0.4) is 0 Å². The number of aromatic hydroxyl groups is 1. The van der Waals surface area contributed by atoms with Gasteiger partial charge >= 0.3 is 0 Å². The number of hydrazone groups is 1. The van der Waals surface area contributed by atoms with Crippen LogP contribution in [-0.2, 0) is 4.79 Å². The molecule has 27 heavy (non-hydrogen) atoms. The first-order chi connectivity index (χ1) is 13.0. The minimum Gasteiger partial charge on any atom is -0.504 e. The molecule has 7 heteroatoms. The molecule has 1 heterocycles. The molecule has 1 aliphatic rings. The van der Waals surface area contributed by atoms with Crippen LogP contribution >= 0.6 is 0 Å². The number of hydrogen-bond donors (Lipinski definition) is 1. The second-order valence-corrected chi connectivity index (χ2v) is 6.16. The summed E-state index contributed by atoms with van der Waals surface area (Å²) in [7, 11) is 4.65. The summed E-state index contributed by atoms with van der Waals surface area (Å²) in [6.07, 6.45) is 0.502. The van der Waals surface area contributed by atoms with Crippen molar-refractivity contribution in [3.8, 4) is 23.0 Å². The number of methoxy groups -OCH3 is 3. The molecule has 3 rings (SSSR count). The lowest BCUT2D eigenvalue weighted by Gasteiger charge is -2.21. The van der Waals surface area contributed by atoms with E-state index in [1.807, 2.05) is 18.2 Å². The third-order valence-electron chi connectivity index (χ3n) is 4.50. The van der Waals surface area contributed by atoms with Gasteiger partial charge in [-0.3, -0.25) is 4.79 Å². The highest BCUT2D eigenvalue weighted by molar-refractivity contribution is 6.03. The van der Waals surface area contributed by atoms with Crippen LogP contribution < -0.4 is 14.2 Å². The Morgan fingerprint density at radius 3 is 2.26 bits per heavy atom. The molecule has 0 saturated carbocycles. The van der Waals surface area contributed by atoms with Crippen LogP contribution in [0.5, 0.6) is 23.0 Å². The average Bonchev–Trinajstić information content (AvgIpc) is 3.13. The Labute approximate surface area is 157 Å². The Kier molecular flexibility index (Phi) is 5.21. The minimum atomic E-state index is -0.286. The van der Waals surface area contributed by atoms with Gasteiger partial charge in [-0.25, -0.2) is 5.01 Å². The lowest BCUT2D eigenvalue weighted by atomic mass is 9.97. The van der Waals surface area contributed by atoms with Crippen molar-refractivity contribution in [1.82, 2.24) is 5.01 Å². The molecule has 2 aromatic carbocycles. The van der Waals surface area contributed by atoms with Gasteiger partial charge in [-0.05, 0) is 35.9 Å². The molecule has 0 spiro atoms. The molecular formula is C20H22N2O5. The number of phenols is 1. The normalized spacial score (nSPS) is 16.1. The van der Waals surface area contributed by atoms with E-state index in [-0.39, 0.29) is 17.7 Å². The van der Waals surface area contributed by atoms with Gasteiger partial charge in [0.1, 0.15) is 11.5 Å². The number of amides is 1. The number of phenolic OH excluding ortho intramolecular Hbond substituents is 1. The zero-order valence-corrected chi connectivity index (χ0v) is 15.7. The summed E-state index contributed by atoms with van der Waals surface area (Å²) in [4.78, 5) is 12.2. The number of carbonyl (C=O) groups is 1. The maximum atomic E-state index is 12.2. The third kappa shape index (κ3) is 3.67. The fourth-order valence-corrected chi connectivity index (χ4v) is 3.13. The van der Waals surface area contributed by atoms with Crippen molar-refractivity contribution in [3.63, 3.8) is 0 Å². The number of ether oxygens (including phenoxy) is 3. The molecular weight excluding hydrogens is 348 g/mol. The second-order valence-electron chi connectivity index (χ2n) is 6.16. The quantitative estimate of drug-likeness (QED) is 0.875. The predicted molar refractivity (Wildman–Crippen MR) is 101 cm³/mol. The molecule has 7 nitrogen and oxygen atoms in total. The van der Waals surface area contributed by atoms with E-state index in [0.29, 0.717) is 29.4 Å². The molecule has 1 atom stereocenters. The highest BCUT2D eigenvalue weighted by Gasteiger charge is 2.32. The lowest BCUT2D eigenvalue weighted by molar-refractivity contribution is -0.130. The first-order valence-electron chi connectivity index (χ1n) is 8.44. The molecule has 0 aliphatic carbocycles. The topological polar surface area (TPSA) is 80.6 Å². The summed E-state index contributed by atoms with van der Waals surface area (Å²) >= 11 is 0. The van der Waals surface area contributed by atoms with Crippen LogP contribution in [0.25, 0.3) is 0 Å². The van der Waals surface area contributed by atoms with Gasteiger partial charge < -0.3 is 19.3 Å².